The highest BCUT2D eigenvalue weighted by atomic mass is 32.2. The molecule has 4 N–H and O–H groups in total. The molecule has 0 aliphatic carbocycles. The molecule has 8 heteroatoms. The predicted molar refractivity (Wildman–Crippen MR) is 67.2 cm³/mol. The van der Waals surface area contributed by atoms with Crippen LogP contribution in [0.25, 0.3) is 0 Å². The van der Waals surface area contributed by atoms with Crippen molar-refractivity contribution < 1.29 is 18.3 Å². The van der Waals surface area contributed by atoms with Crippen LogP contribution in [0.5, 0.6) is 0 Å². The number of likely N-dealkylation sites (tertiary alicyclic amines) is 1. The summed E-state index contributed by atoms with van der Waals surface area (Å²) >= 11 is 0. The highest BCUT2D eigenvalue weighted by Crippen LogP contribution is 2.18. The van der Waals surface area contributed by atoms with Gasteiger partial charge in [0.15, 0.2) is 0 Å². The minimum atomic E-state index is -3.51. The lowest BCUT2D eigenvalue weighted by Gasteiger charge is -2.16. The molecule has 0 aromatic carbocycles. The predicted octanol–water partition coefficient (Wildman–Crippen LogP) is -1.90. The summed E-state index contributed by atoms with van der Waals surface area (Å²) in [6.07, 6.45) is 1.05. The number of nitrogens with two attached hydrogens (primary N) is 1. The summed E-state index contributed by atoms with van der Waals surface area (Å²) in [6, 6.07) is 0. The lowest BCUT2D eigenvalue weighted by atomic mass is 10.1. The molecule has 0 radical (unpaired) electrons. The number of carbonyl (C=O) groups excluding carboxylic acids is 1. The molecule has 1 atom stereocenters. The van der Waals surface area contributed by atoms with Crippen LogP contribution in [0.4, 0.5) is 0 Å². The molecule has 1 aliphatic heterocycles. The number of carbonyl (C=O) groups is 1. The van der Waals surface area contributed by atoms with E-state index in [0.717, 1.165) is 13.0 Å². The fourth-order valence-corrected chi connectivity index (χ4v) is 2.99. The van der Waals surface area contributed by atoms with Gasteiger partial charge in [-0.05, 0) is 13.0 Å². The third-order valence-electron chi connectivity index (χ3n) is 2.83. The van der Waals surface area contributed by atoms with E-state index in [1.807, 2.05) is 0 Å². The van der Waals surface area contributed by atoms with Gasteiger partial charge < -0.3 is 15.3 Å². The van der Waals surface area contributed by atoms with E-state index >= 15 is 0 Å². The second-order valence-electron chi connectivity index (χ2n) is 4.57. The number of hydrogen-bond acceptors (Lipinski definition) is 5. The number of hydrogen-bond donors (Lipinski definition) is 3. The molecule has 1 rings (SSSR count). The highest BCUT2D eigenvalue weighted by Gasteiger charge is 2.31. The zero-order chi connectivity index (χ0) is 13.6. The van der Waals surface area contributed by atoms with Crippen LogP contribution in [0.2, 0.25) is 0 Å². The zero-order valence-corrected chi connectivity index (χ0v) is 11.2. The number of primary sulfonamides is 1. The summed E-state index contributed by atoms with van der Waals surface area (Å²) in [5.41, 5.74) is 0. The van der Waals surface area contributed by atoms with Crippen molar-refractivity contribution in [3.63, 3.8) is 0 Å². The average Bonchev–Trinajstić information content (AvgIpc) is 2.56. The lowest BCUT2D eigenvalue weighted by molar-refractivity contribution is -0.127. The van der Waals surface area contributed by atoms with Gasteiger partial charge in [0.05, 0.1) is 12.4 Å². The Balaban J connectivity index is 2.25. The number of sulfonamides is 1. The molecule has 0 spiro atoms. The Morgan fingerprint density at radius 3 is 2.78 bits per heavy atom. The van der Waals surface area contributed by atoms with E-state index in [1.54, 1.807) is 4.90 Å². The molecule has 0 bridgehead atoms. The topological polar surface area (TPSA) is 113 Å². The molecule has 1 aliphatic rings. The summed E-state index contributed by atoms with van der Waals surface area (Å²) in [4.78, 5) is 13.3. The van der Waals surface area contributed by atoms with E-state index in [-0.39, 0.29) is 30.6 Å². The van der Waals surface area contributed by atoms with Crippen LogP contribution in [0.15, 0.2) is 0 Å². The Kier molecular flexibility index (Phi) is 6.00. The van der Waals surface area contributed by atoms with Crippen molar-refractivity contribution in [1.82, 2.24) is 10.2 Å². The second-order valence-corrected chi connectivity index (χ2v) is 6.23. The molecule has 0 saturated carbocycles. The van der Waals surface area contributed by atoms with Gasteiger partial charge in [0, 0.05) is 32.0 Å². The van der Waals surface area contributed by atoms with Gasteiger partial charge in [-0.15, -0.1) is 0 Å². The van der Waals surface area contributed by atoms with Crippen molar-refractivity contribution in [3.05, 3.63) is 0 Å². The Morgan fingerprint density at radius 2 is 2.17 bits per heavy atom. The smallest absolute Gasteiger partial charge is 0.222 e. The molecule has 106 valence electrons. The van der Waals surface area contributed by atoms with Crippen molar-refractivity contribution in [2.24, 2.45) is 11.1 Å². The molecule has 1 amide bonds. The highest BCUT2D eigenvalue weighted by molar-refractivity contribution is 7.89. The molecule has 1 heterocycles. The molecule has 1 unspecified atom stereocenters. The first-order valence-electron chi connectivity index (χ1n) is 6.02. The third kappa shape index (κ3) is 5.76. The molecule has 18 heavy (non-hydrogen) atoms. The fraction of sp³-hybridized carbons (Fsp3) is 0.900. The summed E-state index contributed by atoms with van der Waals surface area (Å²) < 4.78 is 21.9. The number of nitrogens with zero attached hydrogens (tertiary/aromatic N) is 1. The first-order chi connectivity index (χ1) is 8.42. The molecular formula is C10H21N3O4S. The summed E-state index contributed by atoms with van der Waals surface area (Å²) in [5, 5.41) is 16.6. The average molecular weight is 279 g/mol. The normalized spacial score (nSPS) is 20.7. The minimum Gasteiger partial charge on any atom is -0.395 e. The van der Waals surface area contributed by atoms with Crippen LogP contribution in [0.1, 0.15) is 12.8 Å². The van der Waals surface area contributed by atoms with Gasteiger partial charge in [-0.2, -0.15) is 0 Å². The molecule has 7 nitrogen and oxygen atoms in total. The maximum absolute atomic E-state index is 11.6. The van der Waals surface area contributed by atoms with Crippen molar-refractivity contribution in [3.8, 4) is 0 Å². The molecular weight excluding hydrogens is 258 g/mol. The van der Waals surface area contributed by atoms with Crippen LogP contribution in [-0.4, -0.2) is 62.9 Å². The Bertz CT molecular complexity index is 371. The van der Waals surface area contributed by atoms with Crippen LogP contribution < -0.4 is 10.5 Å². The number of aliphatic hydroxyl groups excluding tert-OH is 1. The van der Waals surface area contributed by atoms with Crippen molar-refractivity contribution in [2.75, 3.05) is 38.5 Å². The van der Waals surface area contributed by atoms with Gasteiger partial charge >= 0.3 is 0 Å². The number of amides is 1. The quantitative estimate of drug-likeness (QED) is 0.449. The summed E-state index contributed by atoms with van der Waals surface area (Å²) in [5.74, 6) is -0.318. The Labute approximate surface area is 107 Å². The Morgan fingerprint density at radius 1 is 1.44 bits per heavy atom. The number of nitrogens with one attached hydrogen (secondary N) is 1. The van der Waals surface area contributed by atoms with Gasteiger partial charge in [0.2, 0.25) is 15.9 Å². The standard InChI is InChI=1S/C10H21N3O4S/c11-18(16,17)8-9-6-10(15)13(7-9)4-1-2-12-3-5-14/h9,12,14H,1-8H2,(H2,11,16,17). The molecule has 1 saturated heterocycles. The van der Waals surface area contributed by atoms with Crippen LogP contribution in [0, 0.1) is 5.92 Å². The Hall–Kier alpha value is -0.700. The summed E-state index contributed by atoms with van der Waals surface area (Å²) in [7, 11) is -3.51. The molecule has 0 aromatic heterocycles. The van der Waals surface area contributed by atoms with E-state index < -0.39 is 10.0 Å². The minimum absolute atomic E-state index is 0.00851. The van der Waals surface area contributed by atoms with Crippen LogP contribution >= 0.6 is 0 Å². The van der Waals surface area contributed by atoms with E-state index in [4.69, 9.17) is 10.2 Å². The fourth-order valence-electron chi connectivity index (χ4n) is 2.11. The van der Waals surface area contributed by atoms with E-state index in [1.165, 1.54) is 0 Å². The molecule has 0 aromatic rings. The van der Waals surface area contributed by atoms with Crippen molar-refractivity contribution in [2.45, 2.75) is 12.8 Å². The van der Waals surface area contributed by atoms with E-state index in [0.29, 0.717) is 19.6 Å². The summed E-state index contributed by atoms with van der Waals surface area (Å²) in [6.45, 7) is 2.44. The third-order valence-corrected chi connectivity index (χ3v) is 3.77. The van der Waals surface area contributed by atoms with Crippen LogP contribution in [-0.2, 0) is 14.8 Å². The number of rotatable bonds is 8. The van der Waals surface area contributed by atoms with Gasteiger partial charge in [-0.25, -0.2) is 13.6 Å². The lowest BCUT2D eigenvalue weighted by Crippen LogP contribution is -2.30. The van der Waals surface area contributed by atoms with Crippen molar-refractivity contribution in [1.29, 1.82) is 0 Å². The SMILES string of the molecule is NS(=O)(=O)CC1CC(=O)N(CCCNCCO)C1. The van der Waals surface area contributed by atoms with E-state index in [9.17, 15) is 13.2 Å². The van der Waals surface area contributed by atoms with Gasteiger partial charge in [0.25, 0.3) is 0 Å². The second kappa shape index (κ2) is 7.03. The maximum atomic E-state index is 11.6. The van der Waals surface area contributed by atoms with Gasteiger partial charge in [-0.3, -0.25) is 4.79 Å². The van der Waals surface area contributed by atoms with Crippen molar-refractivity contribution >= 4 is 15.9 Å². The van der Waals surface area contributed by atoms with Crippen LogP contribution in [0.3, 0.4) is 0 Å². The first kappa shape index (κ1) is 15.4. The van der Waals surface area contributed by atoms with E-state index in [2.05, 4.69) is 5.32 Å². The molecule has 1 fully saturated rings. The van der Waals surface area contributed by atoms with Gasteiger partial charge in [-0.1, -0.05) is 0 Å². The zero-order valence-electron chi connectivity index (χ0n) is 10.3. The monoisotopic (exact) mass is 279 g/mol. The number of aliphatic hydroxyl groups is 1. The van der Waals surface area contributed by atoms with Gasteiger partial charge in [0.1, 0.15) is 0 Å². The first-order valence-corrected chi connectivity index (χ1v) is 7.73. The largest absolute Gasteiger partial charge is 0.395 e. The maximum Gasteiger partial charge on any atom is 0.222 e.